The number of fused-ring (bicyclic) bond motifs is 2. The molecular weight excluding hydrogens is 436 g/mol. The predicted molar refractivity (Wildman–Crippen MR) is 116 cm³/mol. The Bertz CT molecular complexity index is 1230. The lowest BCUT2D eigenvalue weighted by Crippen LogP contribution is -2.37. The fourth-order valence-electron chi connectivity index (χ4n) is 3.28. The lowest BCUT2D eigenvalue weighted by atomic mass is 10.2. The van der Waals surface area contributed by atoms with Crippen LogP contribution in [0.3, 0.4) is 0 Å². The number of methoxy groups -OCH3 is 2. The maximum Gasteiger partial charge on any atom is 0.326 e. The summed E-state index contributed by atoms with van der Waals surface area (Å²) in [5, 5.41) is 0. The molecule has 0 saturated carbocycles. The Morgan fingerprint density at radius 2 is 1.88 bits per heavy atom. The van der Waals surface area contributed by atoms with Crippen molar-refractivity contribution in [2.45, 2.75) is 19.6 Å². The van der Waals surface area contributed by atoms with Gasteiger partial charge in [-0.05, 0) is 19.1 Å². The molecule has 2 heterocycles. The lowest BCUT2D eigenvalue weighted by Gasteiger charge is -2.23. The Kier molecular flexibility index (Phi) is 6.31. The number of nitrogens with zero attached hydrogens (tertiary/aromatic N) is 2. The van der Waals surface area contributed by atoms with Crippen LogP contribution >= 0.6 is 11.3 Å². The van der Waals surface area contributed by atoms with Gasteiger partial charge in [-0.15, -0.1) is 0 Å². The van der Waals surface area contributed by atoms with Gasteiger partial charge in [-0.3, -0.25) is 9.59 Å². The lowest BCUT2D eigenvalue weighted by molar-refractivity contribution is -0.143. The minimum absolute atomic E-state index is 0.0454. The monoisotopic (exact) mass is 458 g/mol. The van der Waals surface area contributed by atoms with Gasteiger partial charge < -0.3 is 28.3 Å². The number of hydrogen-bond acceptors (Lipinski definition) is 8. The summed E-state index contributed by atoms with van der Waals surface area (Å²) in [6.45, 7) is 1.91. The molecule has 32 heavy (non-hydrogen) atoms. The molecule has 0 spiro atoms. The summed E-state index contributed by atoms with van der Waals surface area (Å²) in [5.74, 6) is 1.13. The van der Waals surface area contributed by atoms with Gasteiger partial charge in [-0.2, -0.15) is 4.99 Å². The van der Waals surface area contributed by atoms with E-state index in [1.807, 2.05) is 6.07 Å². The maximum absolute atomic E-state index is 12.9. The van der Waals surface area contributed by atoms with E-state index in [2.05, 4.69) is 4.99 Å². The Hall–Kier alpha value is -3.53. The van der Waals surface area contributed by atoms with E-state index in [1.165, 1.54) is 25.6 Å². The van der Waals surface area contributed by atoms with Crippen molar-refractivity contribution in [2.75, 3.05) is 27.4 Å². The third-order valence-electron chi connectivity index (χ3n) is 4.77. The van der Waals surface area contributed by atoms with Crippen LogP contribution in [0.4, 0.5) is 0 Å². The van der Waals surface area contributed by atoms with Crippen molar-refractivity contribution in [3.8, 4) is 23.0 Å². The molecule has 3 aromatic rings. The second-order valence-corrected chi connectivity index (χ2v) is 7.77. The summed E-state index contributed by atoms with van der Waals surface area (Å²) >= 11 is 1.25. The first-order valence-electron chi connectivity index (χ1n) is 9.92. The van der Waals surface area contributed by atoms with E-state index < -0.39 is 18.0 Å². The van der Waals surface area contributed by atoms with E-state index in [0.717, 1.165) is 4.70 Å². The van der Waals surface area contributed by atoms with Gasteiger partial charge in [0.05, 0.1) is 31.0 Å². The third kappa shape index (κ3) is 4.26. The SMILES string of the molecule is CCOC(=O)Cn1c(=NC(=O)C2COc3ccccc3O2)sc2cc(OC)c(OC)cc21. The van der Waals surface area contributed by atoms with Gasteiger partial charge in [0.2, 0.25) is 6.10 Å². The van der Waals surface area contributed by atoms with Crippen LogP contribution < -0.4 is 23.7 Å². The fraction of sp³-hybridized carbons (Fsp3) is 0.318. The highest BCUT2D eigenvalue weighted by atomic mass is 32.1. The zero-order chi connectivity index (χ0) is 22.7. The van der Waals surface area contributed by atoms with Crippen molar-refractivity contribution in [1.82, 2.24) is 4.57 Å². The van der Waals surface area contributed by atoms with Crippen molar-refractivity contribution < 1.29 is 33.3 Å². The molecule has 0 bridgehead atoms. The van der Waals surface area contributed by atoms with Crippen LogP contribution in [0.5, 0.6) is 23.0 Å². The number of ether oxygens (including phenoxy) is 5. The van der Waals surface area contributed by atoms with E-state index in [9.17, 15) is 9.59 Å². The van der Waals surface area contributed by atoms with Crippen LogP contribution in [0, 0.1) is 0 Å². The van der Waals surface area contributed by atoms with Crippen LogP contribution in [0.2, 0.25) is 0 Å². The first kappa shape index (κ1) is 21.7. The van der Waals surface area contributed by atoms with Crippen molar-refractivity contribution in [3.63, 3.8) is 0 Å². The molecule has 0 radical (unpaired) electrons. The summed E-state index contributed by atoms with van der Waals surface area (Å²) < 4.78 is 29.6. The van der Waals surface area contributed by atoms with Crippen LogP contribution in [0.1, 0.15) is 6.92 Å². The van der Waals surface area contributed by atoms with Crippen molar-refractivity contribution in [2.24, 2.45) is 4.99 Å². The number of amides is 1. The second-order valence-electron chi connectivity index (χ2n) is 6.76. The number of rotatable bonds is 6. The number of hydrogen-bond donors (Lipinski definition) is 0. The van der Waals surface area contributed by atoms with E-state index in [1.54, 1.807) is 41.8 Å². The average molecular weight is 458 g/mol. The number of para-hydroxylation sites is 2. The van der Waals surface area contributed by atoms with E-state index in [-0.39, 0.29) is 19.8 Å². The van der Waals surface area contributed by atoms with Crippen molar-refractivity contribution in [1.29, 1.82) is 0 Å². The summed E-state index contributed by atoms with van der Waals surface area (Å²) in [5.41, 5.74) is 0.665. The molecule has 1 atom stereocenters. The molecule has 1 aromatic heterocycles. The summed E-state index contributed by atoms with van der Waals surface area (Å²) in [6, 6.07) is 10.6. The highest BCUT2D eigenvalue weighted by molar-refractivity contribution is 7.16. The molecule has 1 amide bonds. The van der Waals surface area contributed by atoms with Gasteiger partial charge in [0, 0.05) is 12.1 Å². The predicted octanol–water partition coefficient (Wildman–Crippen LogP) is 2.55. The van der Waals surface area contributed by atoms with Crippen LogP contribution in [0.15, 0.2) is 41.4 Å². The first-order valence-corrected chi connectivity index (χ1v) is 10.7. The molecule has 9 nitrogen and oxygen atoms in total. The highest BCUT2D eigenvalue weighted by Gasteiger charge is 2.27. The largest absolute Gasteiger partial charge is 0.493 e. The molecule has 2 aromatic carbocycles. The number of carbonyl (C=O) groups is 2. The van der Waals surface area contributed by atoms with E-state index >= 15 is 0 Å². The topological polar surface area (TPSA) is 97.6 Å². The second kappa shape index (κ2) is 9.31. The van der Waals surface area contributed by atoms with Gasteiger partial charge in [0.1, 0.15) is 13.2 Å². The van der Waals surface area contributed by atoms with Crippen LogP contribution in [-0.4, -0.2) is 50.0 Å². The van der Waals surface area contributed by atoms with E-state index in [4.69, 9.17) is 23.7 Å². The normalized spacial score (nSPS) is 15.5. The fourth-order valence-corrected chi connectivity index (χ4v) is 4.32. The number of carbonyl (C=O) groups excluding carboxylic acids is 2. The van der Waals surface area contributed by atoms with Gasteiger partial charge in [-0.25, -0.2) is 0 Å². The molecule has 0 fully saturated rings. The Morgan fingerprint density at radius 1 is 1.16 bits per heavy atom. The number of benzene rings is 2. The minimum atomic E-state index is -0.893. The highest BCUT2D eigenvalue weighted by Crippen LogP contribution is 2.34. The Morgan fingerprint density at radius 3 is 2.59 bits per heavy atom. The molecular formula is C22H22N2O7S. The summed E-state index contributed by atoms with van der Waals surface area (Å²) in [4.78, 5) is 29.8. The molecule has 1 aliphatic rings. The molecule has 168 valence electrons. The average Bonchev–Trinajstić information content (AvgIpc) is 3.13. The standard InChI is InChI=1S/C22H22N2O7S/c1-4-29-20(25)11-24-13-9-16(27-2)17(28-3)10-19(13)32-22(24)23-21(26)18-12-30-14-7-5-6-8-15(14)31-18/h5-10,18H,4,11-12H2,1-3H3. The molecule has 10 heteroatoms. The number of esters is 1. The maximum atomic E-state index is 12.9. The first-order chi connectivity index (χ1) is 15.5. The quantitative estimate of drug-likeness (QED) is 0.524. The third-order valence-corrected chi connectivity index (χ3v) is 5.81. The zero-order valence-corrected chi connectivity index (χ0v) is 18.6. The molecule has 1 aliphatic heterocycles. The van der Waals surface area contributed by atoms with Crippen LogP contribution in [-0.2, 0) is 20.9 Å². The molecule has 1 unspecified atom stereocenters. The Balaban J connectivity index is 1.75. The smallest absolute Gasteiger partial charge is 0.326 e. The summed E-state index contributed by atoms with van der Waals surface area (Å²) in [6.07, 6.45) is -0.893. The summed E-state index contributed by atoms with van der Waals surface area (Å²) in [7, 11) is 3.07. The van der Waals surface area contributed by atoms with Gasteiger partial charge >= 0.3 is 5.97 Å². The number of thiazole rings is 1. The van der Waals surface area contributed by atoms with Gasteiger partial charge in [-0.1, -0.05) is 23.5 Å². The van der Waals surface area contributed by atoms with Gasteiger partial charge in [0.25, 0.3) is 5.91 Å². The van der Waals surface area contributed by atoms with Crippen LogP contribution in [0.25, 0.3) is 10.2 Å². The molecule has 0 aliphatic carbocycles. The number of aromatic nitrogens is 1. The molecule has 4 rings (SSSR count). The van der Waals surface area contributed by atoms with Gasteiger partial charge in [0.15, 0.2) is 27.8 Å². The zero-order valence-electron chi connectivity index (χ0n) is 17.8. The Labute approximate surface area is 187 Å². The minimum Gasteiger partial charge on any atom is -0.493 e. The molecule has 0 N–H and O–H groups in total. The van der Waals surface area contributed by atoms with Crippen molar-refractivity contribution in [3.05, 3.63) is 41.2 Å². The van der Waals surface area contributed by atoms with Crippen molar-refractivity contribution >= 4 is 33.4 Å². The molecule has 0 saturated heterocycles. The van der Waals surface area contributed by atoms with E-state index in [0.29, 0.717) is 33.3 Å².